The number of hydrogen-bond acceptors (Lipinski definition) is 4. The average molecular weight is 503 g/mol. The van der Waals surface area contributed by atoms with E-state index in [9.17, 15) is 18.0 Å². The van der Waals surface area contributed by atoms with Crippen molar-refractivity contribution in [3.05, 3.63) is 82.4 Å². The highest BCUT2D eigenvalue weighted by atomic mass is 35.5. The van der Waals surface area contributed by atoms with Crippen LogP contribution in [0, 0.1) is 0 Å². The van der Waals surface area contributed by atoms with Crippen LogP contribution in [0.4, 0.5) is 35.9 Å². The van der Waals surface area contributed by atoms with Gasteiger partial charge in [-0.2, -0.15) is 13.2 Å². The fraction of sp³-hybridized carbons (Fsp3) is 0.296. The largest absolute Gasteiger partial charge is 0.465 e. The Morgan fingerprint density at radius 1 is 0.914 bits per heavy atom. The first-order valence-electron chi connectivity index (χ1n) is 11.5. The van der Waals surface area contributed by atoms with Crippen LogP contribution in [0.2, 0.25) is 5.02 Å². The van der Waals surface area contributed by atoms with Crippen molar-refractivity contribution < 1.29 is 22.7 Å². The first kappa shape index (κ1) is 24.9. The standard InChI is InChI=1S/C27H26ClF3N2O2/c1-35-26(34)19-8-5-9-21(12-19)32-22-14-20(27(29,30)31)15-23(16-22)33-25-11-10-18(13-24(25)28)17-6-3-2-4-7-17/h5,8-17,32-33H,2-4,6-7H2,1H3. The molecule has 3 aromatic carbocycles. The molecule has 0 aromatic heterocycles. The van der Waals surface area contributed by atoms with Crippen molar-refractivity contribution in [3.63, 3.8) is 0 Å². The number of nitrogens with one attached hydrogen (secondary N) is 2. The zero-order chi connectivity index (χ0) is 25.0. The number of anilines is 4. The van der Waals surface area contributed by atoms with Gasteiger partial charge in [0.05, 0.1) is 28.9 Å². The number of rotatable bonds is 6. The van der Waals surface area contributed by atoms with Gasteiger partial charge in [-0.15, -0.1) is 0 Å². The number of alkyl halides is 3. The van der Waals surface area contributed by atoms with E-state index in [1.807, 2.05) is 18.2 Å². The molecule has 0 heterocycles. The number of methoxy groups -OCH3 is 1. The first-order chi connectivity index (χ1) is 16.7. The molecule has 35 heavy (non-hydrogen) atoms. The Balaban J connectivity index is 1.61. The summed E-state index contributed by atoms with van der Waals surface area (Å²) in [4.78, 5) is 11.8. The molecular formula is C27H26ClF3N2O2. The van der Waals surface area contributed by atoms with Crippen LogP contribution in [-0.4, -0.2) is 13.1 Å². The summed E-state index contributed by atoms with van der Waals surface area (Å²) in [6.07, 6.45) is 1.36. The third-order valence-electron chi connectivity index (χ3n) is 6.18. The van der Waals surface area contributed by atoms with Crippen LogP contribution in [0.5, 0.6) is 0 Å². The molecule has 1 aliphatic carbocycles. The summed E-state index contributed by atoms with van der Waals surface area (Å²) >= 11 is 6.51. The van der Waals surface area contributed by atoms with E-state index in [1.54, 1.807) is 24.3 Å². The van der Waals surface area contributed by atoms with Gasteiger partial charge in [0.1, 0.15) is 0 Å². The lowest BCUT2D eigenvalue weighted by molar-refractivity contribution is -0.137. The minimum atomic E-state index is -4.55. The lowest BCUT2D eigenvalue weighted by Gasteiger charge is -2.22. The van der Waals surface area contributed by atoms with Gasteiger partial charge in [0.25, 0.3) is 0 Å². The minimum Gasteiger partial charge on any atom is -0.465 e. The number of benzene rings is 3. The van der Waals surface area contributed by atoms with E-state index in [-0.39, 0.29) is 16.9 Å². The Hall–Kier alpha value is -3.19. The Kier molecular flexibility index (Phi) is 7.55. The summed E-state index contributed by atoms with van der Waals surface area (Å²) < 4.78 is 45.6. The van der Waals surface area contributed by atoms with Crippen molar-refractivity contribution in [1.29, 1.82) is 0 Å². The molecule has 0 bridgehead atoms. The smallest absolute Gasteiger partial charge is 0.416 e. The van der Waals surface area contributed by atoms with Gasteiger partial charge in [-0.1, -0.05) is 43.0 Å². The summed E-state index contributed by atoms with van der Waals surface area (Å²) in [5.41, 5.74) is 2.06. The lowest BCUT2D eigenvalue weighted by Crippen LogP contribution is -2.07. The zero-order valence-corrected chi connectivity index (χ0v) is 20.0. The predicted octanol–water partition coefficient (Wildman–Crippen LogP) is 8.68. The van der Waals surface area contributed by atoms with E-state index in [0.717, 1.165) is 30.5 Å². The molecule has 0 aliphatic heterocycles. The van der Waals surface area contributed by atoms with Crippen molar-refractivity contribution >= 4 is 40.3 Å². The maximum atomic E-state index is 13.6. The molecule has 8 heteroatoms. The summed E-state index contributed by atoms with van der Waals surface area (Å²) in [5.74, 6) is -0.0632. The Labute approximate surface area is 207 Å². The van der Waals surface area contributed by atoms with Gasteiger partial charge in [-0.25, -0.2) is 4.79 Å². The van der Waals surface area contributed by atoms with Crippen LogP contribution >= 0.6 is 11.6 Å². The highest BCUT2D eigenvalue weighted by Crippen LogP contribution is 2.38. The second-order valence-electron chi connectivity index (χ2n) is 8.69. The van der Waals surface area contributed by atoms with Crippen molar-refractivity contribution in [2.45, 2.75) is 44.2 Å². The molecule has 1 aliphatic rings. The second-order valence-corrected chi connectivity index (χ2v) is 9.10. The number of esters is 1. The minimum absolute atomic E-state index is 0.208. The van der Waals surface area contributed by atoms with Gasteiger partial charge in [-0.3, -0.25) is 0 Å². The molecule has 4 nitrogen and oxygen atoms in total. The van der Waals surface area contributed by atoms with Crippen molar-refractivity contribution in [2.24, 2.45) is 0 Å². The zero-order valence-electron chi connectivity index (χ0n) is 19.2. The Morgan fingerprint density at radius 2 is 1.63 bits per heavy atom. The molecular weight excluding hydrogens is 477 g/mol. The maximum Gasteiger partial charge on any atom is 0.416 e. The summed E-state index contributed by atoms with van der Waals surface area (Å²) in [7, 11) is 1.26. The fourth-order valence-electron chi connectivity index (χ4n) is 4.42. The summed E-state index contributed by atoms with van der Waals surface area (Å²) in [6, 6.07) is 15.7. The fourth-order valence-corrected chi connectivity index (χ4v) is 4.66. The number of hydrogen-bond donors (Lipinski definition) is 2. The van der Waals surface area contributed by atoms with E-state index < -0.39 is 17.7 Å². The van der Waals surface area contributed by atoms with E-state index in [4.69, 9.17) is 16.3 Å². The molecule has 1 saturated carbocycles. The summed E-state index contributed by atoms with van der Waals surface area (Å²) in [5, 5.41) is 6.45. The van der Waals surface area contributed by atoms with Gasteiger partial charge in [0, 0.05) is 17.1 Å². The van der Waals surface area contributed by atoms with Gasteiger partial charge in [-0.05, 0) is 72.9 Å². The van der Waals surface area contributed by atoms with Crippen molar-refractivity contribution in [2.75, 3.05) is 17.7 Å². The monoisotopic (exact) mass is 502 g/mol. The SMILES string of the molecule is COC(=O)c1cccc(Nc2cc(Nc3ccc(C4CCCCC4)cc3Cl)cc(C(F)(F)F)c2)c1. The molecule has 2 N–H and O–H groups in total. The van der Waals surface area contributed by atoms with Crippen molar-refractivity contribution in [1.82, 2.24) is 0 Å². The quantitative estimate of drug-likeness (QED) is 0.331. The molecule has 0 spiro atoms. The second kappa shape index (κ2) is 10.6. The Morgan fingerprint density at radius 3 is 2.29 bits per heavy atom. The predicted molar refractivity (Wildman–Crippen MR) is 133 cm³/mol. The maximum absolute atomic E-state index is 13.6. The van der Waals surface area contributed by atoms with Crippen LogP contribution in [0.3, 0.4) is 0 Å². The molecule has 0 amide bonds. The number of carbonyl (C=O) groups is 1. The van der Waals surface area contributed by atoms with Gasteiger partial charge in [0.15, 0.2) is 0 Å². The molecule has 184 valence electrons. The lowest BCUT2D eigenvalue weighted by atomic mass is 9.84. The Bertz CT molecular complexity index is 1210. The molecule has 0 radical (unpaired) electrons. The third-order valence-corrected chi connectivity index (χ3v) is 6.49. The first-order valence-corrected chi connectivity index (χ1v) is 11.8. The normalized spacial score (nSPS) is 14.4. The molecule has 3 aromatic rings. The molecule has 4 rings (SSSR count). The van der Waals surface area contributed by atoms with E-state index in [0.29, 0.717) is 22.3 Å². The highest BCUT2D eigenvalue weighted by molar-refractivity contribution is 6.33. The number of carbonyl (C=O) groups excluding carboxylic acids is 1. The number of halogens is 4. The van der Waals surface area contributed by atoms with Gasteiger partial charge < -0.3 is 15.4 Å². The third kappa shape index (κ3) is 6.28. The van der Waals surface area contributed by atoms with Crippen LogP contribution in [-0.2, 0) is 10.9 Å². The molecule has 0 atom stereocenters. The van der Waals surface area contributed by atoms with Gasteiger partial charge >= 0.3 is 12.1 Å². The van der Waals surface area contributed by atoms with Crippen molar-refractivity contribution in [3.8, 4) is 0 Å². The van der Waals surface area contributed by atoms with Crippen LogP contribution < -0.4 is 10.6 Å². The topological polar surface area (TPSA) is 50.4 Å². The number of ether oxygens (including phenoxy) is 1. The summed E-state index contributed by atoms with van der Waals surface area (Å²) in [6.45, 7) is 0. The van der Waals surface area contributed by atoms with Crippen LogP contribution in [0.25, 0.3) is 0 Å². The molecule has 1 fully saturated rings. The molecule has 0 unspecified atom stereocenters. The van der Waals surface area contributed by atoms with Crippen LogP contribution in [0.1, 0.15) is 59.5 Å². The van der Waals surface area contributed by atoms with E-state index in [2.05, 4.69) is 10.6 Å². The van der Waals surface area contributed by atoms with Gasteiger partial charge in [0.2, 0.25) is 0 Å². The average Bonchev–Trinajstić information content (AvgIpc) is 2.85. The highest BCUT2D eigenvalue weighted by Gasteiger charge is 2.31. The van der Waals surface area contributed by atoms with Crippen LogP contribution in [0.15, 0.2) is 60.7 Å². The van der Waals surface area contributed by atoms with E-state index >= 15 is 0 Å². The van der Waals surface area contributed by atoms with E-state index in [1.165, 1.54) is 32.4 Å². The molecule has 0 saturated heterocycles.